The van der Waals surface area contributed by atoms with Crippen LogP contribution in [0, 0.1) is 13.8 Å². The standard InChI is InChI=1S/C20H25N3O3S/c1-4-5-7-15(24)10-23(11-16-8-6-9-26-16)12-17-21-19(25)18-13(2)14(3)27-20(18)22-17/h4,6,8-9,15,24H,1,5,7,10-12H2,2-3H3,(H,21,22,25)/t15-/m1/s1. The van der Waals surface area contributed by atoms with Crippen LogP contribution < -0.4 is 5.56 Å². The first kappa shape index (κ1) is 19.5. The average Bonchev–Trinajstić information content (AvgIpc) is 3.21. The number of rotatable bonds is 9. The van der Waals surface area contributed by atoms with Gasteiger partial charge in [0.25, 0.3) is 5.56 Å². The smallest absolute Gasteiger partial charge is 0.259 e. The highest BCUT2D eigenvalue weighted by Crippen LogP contribution is 2.25. The number of aliphatic hydroxyl groups excluding tert-OH is 1. The predicted molar refractivity (Wildman–Crippen MR) is 108 cm³/mol. The average molecular weight is 388 g/mol. The molecule has 2 N–H and O–H groups in total. The Morgan fingerprint density at radius 1 is 1.44 bits per heavy atom. The highest BCUT2D eigenvalue weighted by Gasteiger charge is 2.17. The zero-order chi connectivity index (χ0) is 19.4. The molecule has 1 atom stereocenters. The maximum absolute atomic E-state index is 12.5. The Hall–Kier alpha value is -2.22. The summed E-state index contributed by atoms with van der Waals surface area (Å²) in [5, 5.41) is 11.0. The fraction of sp³-hybridized carbons (Fsp3) is 0.400. The number of thiophene rings is 1. The fourth-order valence-electron chi connectivity index (χ4n) is 3.09. The van der Waals surface area contributed by atoms with Crippen molar-refractivity contribution in [1.29, 1.82) is 0 Å². The molecule has 6 nitrogen and oxygen atoms in total. The molecule has 0 unspecified atom stereocenters. The van der Waals surface area contributed by atoms with E-state index in [4.69, 9.17) is 4.42 Å². The van der Waals surface area contributed by atoms with E-state index in [9.17, 15) is 9.90 Å². The first-order chi connectivity index (χ1) is 13.0. The van der Waals surface area contributed by atoms with Crippen LogP contribution in [-0.2, 0) is 13.1 Å². The predicted octanol–water partition coefficient (Wildman–Crippen LogP) is 3.52. The van der Waals surface area contributed by atoms with E-state index in [1.165, 1.54) is 11.3 Å². The number of aromatic nitrogens is 2. The van der Waals surface area contributed by atoms with Gasteiger partial charge in [0.1, 0.15) is 16.4 Å². The van der Waals surface area contributed by atoms with E-state index >= 15 is 0 Å². The molecule has 0 aromatic carbocycles. The number of hydrogen-bond acceptors (Lipinski definition) is 6. The molecule has 3 heterocycles. The molecule has 0 radical (unpaired) electrons. The molecule has 0 aliphatic heterocycles. The molecule has 3 rings (SSSR count). The van der Waals surface area contributed by atoms with Crippen molar-refractivity contribution in [2.45, 2.75) is 45.9 Å². The molecule has 0 saturated carbocycles. The van der Waals surface area contributed by atoms with Crippen molar-refractivity contribution in [2.24, 2.45) is 0 Å². The molecule has 0 saturated heterocycles. The first-order valence-corrected chi connectivity index (χ1v) is 9.82. The van der Waals surface area contributed by atoms with Gasteiger partial charge in [-0.05, 0) is 44.4 Å². The molecular formula is C20H25N3O3S. The second kappa shape index (κ2) is 8.65. The van der Waals surface area contributed by atoms with Gasteiger partial charge in [-0.1, -0.05) is 6.08 Å². The number of nitrogens with one attached hydrogen (secondary N) is 1. The van der Waals surface area contributed by atoms with Crippen molar-refractivity contribution in [3.8, 4) is 0 Å². The lowest BCUT2D eigenvalue weighted by molar-refractivity contribution is 0.0931. The quantitative estimate of drug-likeness (QED) is 0.549. The van der Waals surface area contributed by atoms with Crippen LogP contribution in [0.3, 0.4) is 0 Å². The third-order valence-corrected chi connectivity index (χ3v) is 5.70. The van der Waals surface area contributed by atoms with Crippen LogP contribution in [0.1, 0.15) is 34.9 Å². The number of hydrogen-bond donors (Lipinski definition) is 2. The van der Waals surface area contributed by atoms with E-state index < -0.39 is 6.10 Å². The van der Waals surface area contributed by atoms with E-state index in [-0.39, 0.29) is 5.56 Å². The number of aliphatic hydroxyl groups is 1. The summed E-state index contributed by atoms with van der Waals surface area (Å²) in [5.74, 6) is 1.40. The summed E-state index contributed by atoms with van der Waals surface area (Å²) in [7, 11) is 0. The van der Waals surface area contributed by atoms with Gasteiger partial charge in [-0.25, -0.2) is 4.98 Å². The second-order valence-electron chi connectivity index (χ2n) is 6.74. The number of aromatic amines is 1. The van der Waals surface area contributed by atoms with Gasteiger partial charge in [0.2, 0.25) is 0 Å². The van der Waals surface area contributed by atoms with Crippen LogP contribution in [0.25, 0.3) is 10.2 Å². The van der Waals surface area contributed by atoms with E-state index in [1.54, 1.807) is 12.3 Å². The Bertz CT molecular complexity index is 959. The molecular weight excluding hydrogens is 362 g/mol. The number of aryl methyl sites for hydroxylation is 2. The summed E-state index contributed by atoms with van der Waals surface area (Å²) in [6.45, 7) is 9.06. The number of fused-ring (bicyclic) bond motifs is 1. The van der Waals surface area contributed by atoms with Gasteiger partial charge < -0.3 is 14.5 Å². The van der Waals surface area contributed by atoms with Crippen LogP contribution in [0.5, 0.6) is 0 Å². The SMILES string of the molecule is C=CCC[C@@H](O)CN(Cc1nc2sc(C)c(C)c2c(=O)[nH]1)Cc1ccco1. The zero-order valence-corrected chi connectivity index (χ0v) is 16.5. The molecule has 0 spiro atoms. The lowest BCUT2D eigenvalue weighted by Gasteiger charge is -2.23. The molecule has 7 heteroatoms. The summed E-state index contributed by atoms with van der Waals surface area (Å²) in [4.78, 5) is 24.0. The van der Waals surface area contributed by atoms with Crippen LogP contribution in [0.4, 0.5) is 0 Å². The zero-order valence-electron chi connectivity index (χ0n) is 15.7. The Balaban J connectivity index is 1.83. The number of allylic oxidation sites excluding steroid dienone is 1. The topological polar surface area (TPSA) is 82.4 Å². The molecule has 3 aromatic rings. The van der Waals surface area contributed by atoms with Crippen LogP contribution in [-0.4, -0.2) is 32.6 Å². The van der Waals surface area contributed by atoms with Crippen molar-refractivity contribution in [3.63, 3.8) is 0 Å². The molecule has 0 bridgehead atoms. The summed E-state index contributed by atoms with van der Waals surface area (Å²) in [6, 6.07) is 3.74. The minimum absolute atomic E-state index is 0.109. The van der Waals surface area contributed by atoms with Crippen molar-refractivity contribution in [2.75, 3.05) is 6.54 Å². The van der Waals surface area contributed by atoms with Gasteiger partial charge in [-0.2, -0.15) is 0 Å². The van der Waals surface area contributed by atoms with Gasteiger partial charge in [-0.3, -0.25) is 9.69 Å². The van der Waals surface area contributed by atoms with Gasteiger partial charge in [0.05, 0.1) is 30.8 Å². The maximum Gasteiger partial charge on any atom is 0.259 e. The van der Waals surface area contributed by atoms with E-state index in [0.29, 0.717) is 37.3 Å². The highest BCUT2D eigenvalue weighted by atomic mass is 32.1. The molecule has 0 aliphatic rings. The minimum Gasteiger partial charge on any atom is -0.468 e. The third kappa shape index (κ3) is 4.74. The van der Waals surface area contributed by atoms with Gasteiger partial charge in [-0.15, -0.1) is 17.9 Å². The largest absolute Gasteiger partial charge is 0.468 e. The summed E-state index contributed by atoms with van der Waals surface area (Å²) >= 11 is 1.54. The first-order valence-electron chi connectivity index (χ1n) is 9.00. The van der Waals surface area contributed by atoms with E-state index in [0.717, 1.165) is 27.5 Å². The van der Waals surface area contributed by atoms with Crippen LogP contribution in [0.2, 0.25) is 0 Å². The summed E-state index contributed by atoms with van der Waals surface area (Å²) in [6.07, 6.45) is 4.34. The lowest BCUT2D eigenvalue weighted by atomic mass is 10.2. The molecule has 0 aliphatic carbocycles. The maximum atomic E-state index is 12.5. The van der Waals surface area contributed by atoms with Crippen LogP contribution >= 0.6 is 11.3 Å². The third-order valence-electron chi connectivity index (χ3n) is 4.59. The molecule has 0 fully saturated rings. The monoisotopic (exact) mass is 387 g/mol. The normalized spacial score (nSPS) is 12.7. The fourth-order valence-corrected chi connectivity index (χ4v) is 4.14. The van der Waals surface area contributed by atoms with Crippen molar-refractivity contribution < 1.29 is 9.52 Å². The number of H-pyrrole nitrogens is 1. The van der Waals surface area contributed by atoms with Gasteiger partial charge in [0.15, 0.2) is 0 Å². The number of nitrogens with zero attached hydrogens (tertiary/aromatic N) is 2. The van der Waals surface area contributed by atoms with Gasteiger partial charge >= 0.3 is 0 Å². The number of furan rings is 1. The van der Waals surface area contributed by atoms with E-state index in [1.807, 2.05) is 30.9 Å². The Kier molecular flexibility index (Phi) is 6.26. The van der Waals surface area contributed by atoms with Crippen LogP contribution in [0.15, 0.2) is 40.3 Å². The van der Waals surface area contributed by atoms with Crippen molar-refractivity contribution in [3.05, 3.63) is 63.4 Å². The Morgan fingerprint density at radius 2 is 2.26 bits per heavy atom. The summed E-state index contributed by atoms with van der Waals surface area (Å²) < 4.78 is 5.45. The Labute approximate surface area is 162 Å². The minimum atomic E-state index is -0.486. The molecule has 27 heavy (non-hydrogen) atoms. The second-order valence-corrected chi connectivity index (χ2v) is 7.95. The molecule has 144 valence electrons. The lowest BCUT2D eigenvalue weighted by Crippen LogP contribution is -2.32. The van der Waals surface area contributed by atoms with Crippen molar-refractivity contribution in [1.82, 2.24) is 14.9 Å². The van der Waals surface area contributed by atoms with E-state index in [2.05, 4.69) is 16.5 Å². The summed E-state index contributed by atoms with van der Waals surface area (Å²) in [5.41, 5.74) is 0.879. The highest BCUT2D eigenvalue weighted by molar-refractivity contribution is 7.18. The Morgan fingerprint density at radius 3 is 2.96 bits per heavy atom. The van der Waals surface area contributed by atoms with Gasteiger partial charge in [0, 0.05) is 11.4 Å². The molecule has 3 aromatic heterocycles. The molecule has 0 amide bonds. The van der Waals surface area contributed by atoms with Crippen molar-refractivity contribution >= 4 is 21.6 Å².